The van der Waals surface area contributed by atoms with Gasteiger partial charge in [0.05, 0.1) is 10.2 Å². The van der Waals surface area contributed by atoms with Gasteiger partial charge in [-0.05, 0) is 45.2 Å². The number of halogens is 1. The number of hydrogen-bond donors (Lipinski definition) is 0. The van der Waals surface area contributed by atoms with Gasteiger partial charge < -0.3 is 14.9 Å². The lowest BCUT2D eigenvalue weighted by atomic mass is 10.2. The van der Waals surface area contributed by atoms with E-state index in [0.29, 0.717) is 4.47 Å². The lowest BCUT2D eigenvalue weighted by Crippen LogP contribution is -2.12. The van der Waals surface area contributed by atoms with Crippen molar-refractivity contribution in [3.63, 3.8) is 0 Å². The Labute approximate surface area is 130 Å². The quantitative estimate of drug-likeness (QED) is 0.585. The minimum Gasteiger partial charge on any atom is -0.476 e. The highest BCUT2D eigenvalue weighted by atomic mass is 79.9. The van der Waals surface area contributed by atoms with Crippen LogP contribution in [-0.4, -0.2) is 19.7 Å². The Balaban J connectivity index is 2.26. The lowest BCUT2D eigenvalue weighted by molar-refractivity contribution is -0.390. The SMILES string of the molecule is CCCn1nccc1C(C)Oc1cc(Br)cnc1[N+](=O)[O-]. The van der Waals surface area contributed by atoms with Gasteiger partial charge in [0.1, 0.15) is 6.10 Å². The second-order valence-corrected chi connectivity index (χ2v) is 5.39. The molecule has 0 aromatic carbocycles. The number of nitrogens with zero attached hydrogens (tertiary/aromatic N) is 4. The normalized spacial score (nSPS) is 12.1. The standard InChI is InChI=1S/C13H15BrN4O3/c1-3-6-17-11(4-5-16-17)9(2)21-12-7-10(14)8-15-13(12)18(19)20/h4-5,7-9H,3,6H2,1-2H3. The van der Waals surface area contributed by atoms with Crippen molar-refractivity contribution in [3.8, 4) is 5.75 Å². The minimum absolute atomic E-state index is 0.131. The van der Waals surface area contributed by atoms with Crippen LogP contribution in [0.4, 0.5) is 5.82 Å². The van der Waals surface area contributed by atoms with Crippen LogP contribution in [0.2, 0.25) is 0 Å². The first kappa shape index (κ1) is 15.4. The number of rotatable bonds is 6. The average Bonchev–Trinajstić information content (AvgIpc) is 2.87. The first-order valence-corrected chi connectivity index (χ1v) is 7.30. The third-order valence-electron chi connectivity index (χ3n) is 2.88. The predicted octanol–water partition coefficient (Wildman–Crippen LogP) is 3.50. The summed E-state index contributed by atoms with van der Waals surface area (Å²) in [7, 11) is 0. The molecule has 0 amide bonds. The maximum atomic E-state index is 11.0. The fourth-order valence-corrected chi connectivity index (χ4v) is 2.29. The molecule has 0 saturated heterocycles. The molecule has 0 aliphatic rings. The van der Waals surface area contributed by atoms with Crippen molar-refractivity contribution in [2.45, 2.75) is 32.9 Å². The molecule has 0 bridgehead atoms. The molecule has 0 aliphatic carbocycles. The predicted molar refractivity (Wildman–Crippen MR) is 80.2 cm³/mol. The minimum atomic E-state index is -0.558. The van der Waals surface area contributed by atoms with Gasteiger partial charge in [-0.2, -0.15) is 5.10 Å². The summed E-state index contributed by atoms with van der Waals surface area (Å²) in [6, 6.07) is 3.39. The first-order valence-electron chi connectivity index (χ1n) is 6.51. The molecule has 112 valence electrons. The molecule has 0 saturated carbocycles. The largest absolute Gasteiger partial charge is 0.476 e. The van der Waals surface area contributed by atoms with Crippen LogP contribution in [0, 0.1) is 10.1 Å². The molecule has 0 N–H and O–H groups in total. The molecule has 2 heterocycles. The Bertz CT molecular complexity index is 644. The average molecular weight is 355 g/mol. The number of nitro groups is 1. The highest BCUT2D eigenvalue weighted by Crippen LogP contribution is 2.31. The van der Waals surface area contributed by atoms with Crippen LogP contribution in [0.5, 0.6) is 5.75 Å². The van der Waals surface area contributed by atoms with Crippen LogP contribution in [0.25, 0.3) is 0 Å². The van der Waals surface area contributed by atoms with Gasteiger partial charge in [0.15, 0.2) is 6.20 Å². The molecule has 0 aliphatic heterocycles. The zero-order valence-electron chi connectivity index (χ0n) is 11.7. The monoisotopic (exact) mass is 354 g/mol. The van der Waals surface area contributed by atoms with E-state index in [9.17, 15) is 10.1 Å². The van der Waals surface area contributed by atoms with E-state index >= 15 is 0 Å². The Kier molecular flexibility index (Phi) is 4.89. The molecule has 2 rings (SSSR count). The Morgan fingerprint density at radius 2 is 2.33 bits per heavy atom. The lowest BCUT2D eigenvalue weighted by Gasteiger charge is -2.16. The molecule has 1 unspecified atom stereocenters. The van der Waals surface area contributed by atoms with Gasteiger partial charge in [0.25, 0.3) is 0 Å². The van der Waals surface area contributed by atoms with E-state index < -0.39 is 4.92 Å². The number of aryl methyl sites for hydroxylation is 1. The van der Waals surface area contributed by atoms with Gasteiger partial charge >= 0.3 is 5.82 Å². The molecular weight excluding hydrogens is 340 g/mol. The van der Waals surface area contributed by atoms with E-state index in [0.717, 1.165) is 18.7 Å². The Hall–Kier alpha value is -1.96. The summed E-state index contributed by atoms with van der Waals surface area (Å²) in [4.78, 5) is 14.2. The Morgan fingerprint density at radius 3 is 3.00 bits per heavy atom. The number of hydrogen-bond acceptors (Lipinski definition) is 5. The summed E-state index contributed by atoms with van der Waals surface area (Å²) in [5, 5.41) is 15.2. The molecule has 0 radical (unpaired) electrons. The van der Waals surface area contributed by atoms with Crippen LogP contribution in [-0.2, 0) is 6.54 Å². The summed E-state index contributed by atoms with van der Waals surface area (Å²) >= 11 is 3.24. The second kappa shape index (κ2) is 6.66. The van der Waals surface area contributed by atoms with Crippen molar-refractivity contribution in [2.75, 3.05) is 0 Å². The fraction of sp³-hybridized carbons (Fsp3) is 0.385. The molecular formula is C13H15BrN4O3. The third kappa shape index (κ3) is 3.57. The summed E-state index contributed by atoms with van der Waals surface area (Å²) in [5.74, 6) is -0.169. The molecule has 0 fully saturated rings. The summed E-state index contributed by atoms with van der Waals surface area (Å²) < 4.78 is 8.18. The van der Waals surface area contributed by atoms with Gasteiger partial charge in [-0.15, -0.1) is 0 Å². The van der Waals surface area contributed by atoms with Crippen molar-refractivity contribution in [2.24, 2.45) is 0 Å². The van der Waals surface area contributed by atoms with E-state index in [-0.39, 0.29) is 17.7 Å². The number of ether oxygens (including phenoxy) is 1. The molecule has 2 aromatic heterocycles. The number of aromatic nitrogens is 3. The van der Waals surface area contributed by atoms with E-state index in [1.165, 1.54) is 6.20 Å². The van der Waals surface area contributed by atoms with E-state index in [4.69, 9.17) is 4.74 Å². The second-order valence-electron chi connectivity index (χ2n) is 4.47. The van der Waals surface area contributed by atoms with Crippen LogP contribution >= 0.6 is 15.9 Å². The maximum Gasteiger partial charge on any atom is 0.406 e. The smallest absolute Gasteiger partial charge is 0.406 e. The highest BCUT2D eigenvalue weighted by Gasteiger charge is 2.21. The van der Waals surface area contributed by atoms with Crippen molar-refractivity contribution >= 4 is 21.7 Å². The van der Waals surface area contributed by atoms with Gasteiger partial charge in [-0.25, -0.2) is 0 Å². The zero-order chi connectivity index (χ0) is 15.4. The van der Waals surface area contributed by atoms with Crippen molar-refractivity contribution in [1.82, 2.24) is 14.8 Å². The Morgan fingerprint density at radius 1 is 1.57 bits per heavy atom. The van der Waals surface area contributed by atoms with Crippen LogP contribution in [0.15, 0.2) is 29.0 Å². The third-order valence-corrected chi connectivity index (χ3v) is 3.31. The molecule has 21 heavy (non-hydrogen) atoms. The van der Waals surface area contributed by atoms with E-state index in [2.05, 4.69) is 32.9 Å². The topological polar surface area (TPSA) is 83.1 Å². The summed E-state index contributed by atoms with van der Waals surface area (Å²) in [5.41, 5.74) is 0.867. The molecule has 0 spiro atoms. The van der Waals surface area contributed by atoms with Crippen molar-refractivity contribution in [3.05, 3.63) is 44.8 Å². The number of pyridine rings is 1. The van der Waals surface area contributed by atoms with Crippen LogP contribution in [0.3, 0.4) is 0 Å². The van der Waals surface area contributed by atoms with Crippen LogP contribution in [0.1, 0.15) is 32.1 Å². The summed E-state index contributed by atoms with van der Waals surface area (Å²) in [6.07, 6.45) is 3.64. The summed E-state index contributed by atoms with van der Waals surface area (Å²) in [6.45, 7) is 4.66. The van der Waals surface area contributed by atoms with E-state index in [1.54, 1.807) is 12.3 Å². The molecule has 7 nitrogen and oxygen atoms in total. The molecule has 1 atom stereocenters. The zero-order valence-corrected chi connectivity index (χ0v) is 13.3. The fourth-order valence-electron chi connectivity index (χ4n) is 1.98. The van der Waals surface area contributed by atoms with Crippen molar-refractivity contribution < 1.29 is 9.66 Å². The van der Waals surface area contributed by atoms with Crippen molar-refractivity contribution in [1.29, 1.82) is 0 Å². The van der Waals surface area contributed by atoms with Gasteiger partial charge in [0.2, 0.25) is 5.75 Å². The molecule has 8 heteroatoms. The molecule has 2 aromatic rings. The van der Waals surface area contributed by atoms with Crippen LogP contribution < -0.4 is 4.74 Å². The van der Waals surface area contributed by atoms with Gasteiger partial charge in [0, 0.05) is 18.8 Å². The van der Waals surface area contributed by atoms with Gasteiger partial charge in [-0.3, -0.25) is 4.68 Å². The maximum absolute atomic E-state index is 11.0. The van der Waals surface area contributed by atoms with Gasteiger partial charge in [-0.1, -0.05) is 6.92 Å². The van der Waals surface area contributed by atoms with E-state index in [1.807, 2.05) is 17.7 Å². The highest BCUT2D eigenvalue weighted by molar-refractivity contribution is 9.10. The first-order chi connectivity index (χ1) is 10.0.